The third-order valence-corrected chi connectivity index (χ3v) is 4.66. The van der Waals surface area contributed by atoms with Gasteiger partial charge in [0.05, 0.1) is 18.5 Å². The molecule has 1 fully saturated rings. The molecule has 0 amide bonds. The van der Waals surface area contributed by atoms with Crippen LogP contribution in [-0.2, 0) is 6.18 Å². The number of halogens is 3. The zero-order valence-electron chi connectivity index (χ0n) is 15.6. The molecule has 3 N–H and O–H groups in total. The smallest absolute Gasteiger partial charge is 0.399 e. The van der Waals surface area contributed by atoms with Crippen molar-refractivity contribution in [1.29, 1.82) is 0 Å². The van der Waals surface area contributed by atoms with E-state index in [1.165, 1.54) is 6.07 Å². The summed E-state index contributed by atoms with van der Waals surface area (Å²) in [5.41, 5.74) is 6.09. The summed E-state index contributed by atoms with van der Waals surface area (Å²) in [6.45, 7) is 1.75. The lowest BCUT2D eigenvalue weighted by molar-refractivity contribution is -0.137. The summed E-state index contributed by atoms with van der Waals surface area (Å²) in [7, 11) is 0. The Balaban J connectivity index is 1.73. The van der Waals surface area contributed by atoms with Crippen LogP contribution < -0.4 is 11.1 Å². The number of aromatic nitrogens is 2. The first-order chi connectivity index (χ1) is 13.2. The highest BCUT2D eigenvalue weighted by atomic mass is 19.4. The molecule has 1 saturated carbocycles. The van der Waals surface area contributed by atoms with Crippen LogP contribution in [0.25, 0.3) is 10.9 Å². The number of hydrogen-bond acceptors (Lipinski definition) is 4. The van der Waals surface area contributed by atoms with Crippen LogP contribution in [0.1, 0.15) is 50.0 Å². The molecule has 1 atom stereocenters. The number of benzene rings is 2. The molecule has 0 spiro atoms. The Morgan fingerprint density at radius 2 is 2.00 bits per heavy atom. The molecule has 27 heavy (non-hydrogen) atoms. The van der Waals surface area contributed by atoms with Crippen LogP contribution in [0, 0.1) is 0 Å². The first-order valence-corrected chi connectivity index (χ1v) is 8.73. The normalized spacial score (nSPS) is 16.2. The van der Waals surface area contributed by atoms with Crippen LogP contribution in [0.2, 0.25) is 0 Å². The Bertz CT molecular complexity index is 1050. The zero-order chi connectivity index (χ0) is 20.1. The third kappa shape index (κ3) is 3.67. The number of hydrogen-bond donors (Lipinski definition) is 2. The van der Waals surface area contributed by atoms with E-state index < -0.39 is 17.8 Å². The Kier molecular flexibility index (Phi) is 3.88. The van der Waals surface area contributed by atoms with Gasteiger partial charge in [0, 0.05) is 17.0 Å². The van der Waals surface area contributed by atoms with Crippen molar-refractivity contribution < 1.29 is 14.5 Å². The first-order valence-electron chi connectivity index (χ1n) is 9.23. The second-order valence-electron chi connectivity index (χ2n) is 6.90. The quantitative estimate of drug-likeness (QED) is 0.611. The average Bonchev–Trinajstić information content (AvgIpc) is 3.45. The second-order valence-corrected chi connectivity index (χ2v) is 6.90. The molecule has 1 aliphatic rings. The van der Waals surface area contributed by atoms with Gasteiger partial charge in [-0.15, -0.1) is 0 Å². The van der Waals surface area contributed by atoms with Gasteiger partial charge < -0.3 is 11.1 Å². The number of para-hydroxylation sites is 1. The molecule has 4 nitrogen and oxygen atoms in total. The van der Waals surface area contributed by atoms with Gasteiger partial charge in [-0.3, -0.25) is 0 Å². The van der Waals surface area contributed by atoms with Crippen molar-refractivity contribution in [2.75, 3.05) is 11.1 Å². The largest absolute Gasteiger partial charge is 0.416 e. The molecule has 140 valence electrons. The van der Waals surface area contributed by atoms with Gasteiger partial charge in [0.25, 0.3) is 0 Å². The minimum absolute atomic E-state index is 0.0538. The van der Waals surface area contributed by atoms with Crippen molar-refractivity contribution in [3.63, 3.8) is 0 Å². The van der Waals surface area contributed by atoms with Crippen molar-refractivity contribution in [2.45, 2.75) is 37.9 Å². The second kappa shape index (κ2) is 6.40. The number of rotatable bonds is 4. The maximum atomic E-state index is 13.1. The summed E-state index contributed by atoms with van der Waals surface area (Å²) in [6, 6.07) is 8.47. The van der Waals surface area contributed by atoms with Crippen LogP contribution in [-0.4, -0.2) is 9.97 Å². The molecule has 1 aliphatic carbocycles. The highest BCUT2D eigenvalue weighted by molar-refractivity contribution is 5.89. The maximum absolute atomic E-state index is 13.1. The van der Waals surface area contributed by atoms with Crippen molar-refractivity contribution in [3.8, 4) is 0 Å². The number of nitrogen functional groups attached to an aromatic ring is 1. The molecular formula is C20H19F3N4. The molecule has 1 aromatic heterocycles. The van der Waals surface area contributed by atoms with E-state index >= 15 is 0 Å². The van der Waals surface area contributed by atoms with Gasteiger partial charge in [-0.1, -0.05) is 12.1 Å². The number of anilines is 2. The molecular weight excluding hydrogens is 353 g/mol. The van der Waals surface area contributed by atoms with E-state index in [9.17, 15) is 13.2 Å². The predicted molar refractivity (Wildman–Crippen MR) is 99.4 cm³/mol. The molecule has 1 heterocycles. The molecule has 0 radical (unpaired) electrons. The van der Waals surface area contributed by atoms with Gasteiger partial charge in [-0.2, -0.15) is 13.2 Å². The number of alkyl halides is 3. The summed E-state index contributed by atoms with van der Waals surface area (Å²) in [5, 5.41) is 3.87. The summed E-state index contributed by atoms with van der Waals surface area (Å²) in [6.07, 6.45) is -2.41. The molecule has 0 aliphatic heterocycles. The Hall–Kier alpha value is -2.83. The number of fused-ring (bicyclic) bond motifs is 1. The molecule has 7 heteroatoms. The maximum Gasteiger partial charge on any atom is 0.416 e. The van der Waals surface area contributed by atoms with Crippen LogP contribution in [0.4, 0.5) is 24.7 Å². The Morgan fingerprint density at radius 3 is 2.70 bits per heavy atom. The Labute approximate surface area is 156 Å². The fourth-order valence-electron chi connectivity index (χ4n) is 3.05. The predicted octanol–water partition coefficient (Wildman–Crippen LogP) is 5.28. The molecule has 1 unspecified atom stereocenters. The molecule has 0 bridgehead atoms. The lowest BCUT2D eigenvalue weighted by Gasteiger charge is -2.19. The van der Waals surface area contributed by atoms with E-state index in [4.69, 9.17) is 7.10 Å². The Morgan fingerprint density at radius 1 is 1.22 bits per heavy atom. The lowest BCUT2D eigenvalue weighted by Crippen LogP contribution is -2.13. The van der Waals surface area contributed by atoms with Gasteiger partial charge in [0.1, 0.15) is 11.6 Å². The van der Waals surface area contributed by atoms with Crippen molar-refractivity contribution >= 4 is 22.4 Å². The van der Waals surface area contributed by atoms with Crippen LogP contribution in [0.5, 0.6) is 0 Å². The summed E-state index contributed by atoms with van der Waals surface area (Å²) < 4.78 is 47.2. The number of nitrogens with one attached hydrogen (secondary N) is 1. The minimum Gasteiger partial charge on any atom is -0.399 e. The van der Waals surface area contributed by atoms with Crippen molar-refractivity contribution in [1.82, 2.24) is 9.97 Å². The number of nitrogens with two attached hydrogens (primary N) is 1. The van der Waals surface area contributed by atoms with Gasteiger partial charge in [-0.25, -0.2) is 9.97 Å². The van der Waals surface area contributed by atoms with E-state index in [1.807, 2.05) is 0 Å². The van der Waals surface area contributed by atoms with Gasteiger partial charge >= 0.3 is 6.18 Å². The number of nitrogens with zero attached hydrogens (tertiary/aromatic N) is 2. The van der Waals surface area contributed by atoms with E-state index in [-0.39, 0.29) is 5.69 Å². The van der Waals surface area contributed by atoms with Crippen molar-refractivity contribution in [2.24, 2.45) is 0 Å². The summed E-state index contributed by atoms with van der Waals surface area (Å²) in [4.78, 5) is 9.18. The standard InChI is InChI=1S/C20H19F3N4/c1-11(13-8-14(20(21,22)23)10-15(24)9-13)25-19-16-4-2-3-5-17(16)26-18(27-19)12-6-7-12/h2-5,8-12H,6-7,24H2,1H3,(H,25,26,27)/i2D. The van der Waals surface area contributed by atoms with Crippen LogP contribution in [0.15, 0.2) is 42.4 Å². The van der Waals surface area contributed by atoms with E-state index in [1.54, 1.807) is 25.1 Å². The van der Waals surface area contributed by atoms with E-state index in [2.05, 4.69) is 15.3 Å². The monoisotopic (exact) mass is 373 g/mol. The molecule has 0 saturated heterocycles. The van der Waals surface area contributed by atoms with Crippen LogP contribution in [0.3, 0.4) is 0 Å². The SMILES string of the molecule is [2H]c1ccc2nc(C3CC3)nc(NC(C)c3cc(N)cc(C(F)(F)F)c3)c2c1. The third-order valence-electron chi connectivity index (χ3n) is 4.66. The molecule has 2 aromatic carbocycles. The highest BCUT2D eigenvalue weighted by Crippen LogP contribution is 2.40. The lowest BCUT2D eigenvalue weighted by atomic mass is 10.0. The fourth-order valence-corrected chi connectivity index (χ4v) is 3.05. The zero-order valence-corrected chi connectivity index (χ0v) is 14.6. The van der Waals surface area contributed by atoms with Crippen molar-refractivity contribution in [3.05, 3.63) is 59.4 Å². The van der Waals surface area contributed by atoms with E-state index in [0.717, 1.165) is 30.8 Å². The van der Waals surface area contributed by atoms with Gasteiger partial charge in [0.2, 0.25) is 0 Å². The average molecular weight is 373 g/mol. The van der Waals surface area contributed by atoms with Gasteiger partial charge in [0.15, 0.2) is 0 Å². The fraction of sp³-hybridized carbons (Fsp3) is 0.300. The highest BCUT2D eigenvalue weighted by Gasteiger charge is 2.32. The van der Waals surface area contributed by atoms with E-state index in [0.29, 0.717) is 34.2 Å². The first kappa shape index (κ1) is 16.4. The topological polar surface area (TPSA) is 63.8 Å². The summed E-state index contributed by atoms with van der Waals surface area (Å²) >= 11 is 0. The van der Waals surface area contributed by atoms with Gasteiger partial charge in [-0.05, 0) is 55.7 Å². The summed E-state index contributed by atoms with van der Waals surface area (Å²) in [5.74, 6) is 1.56. The molecule has 4 rings (SSSR count). The van der Waals surface area contributed by atoms with Crippen LogP contribution >= 0.6 is 0 Å². The minimum atomic E-state index is -4.47. The molecule has 3 aromatic rings.